The molecule has 2 aliphatic rings. The van der Waals surface area contributed by atoms with Gasteiger partial charge in [0.05, 0.1) is 6.20 Å². The molecule has 5 heteroatoms. The summed E-state index contributed by atoms with van der Waals surface area (Å²) in [5, 5.41) is 6.11. The first-order chi connectivity index (χ1) is 11.1. The number of fused-ring (bicyclic) bond motifs is 5. The van der Waals surface area contributed by atoms with Gasteiger partial charge in [-0.3, -0.25) is 5.10 Å². The van der Waals surface area contributed by atoms with Gasteiger partial charge in [-0.1, -0.05) is 42.6 Å². The van der Waals surface area contributed by atoms with Crippen molar-refractivity contribution in [2.24, 2.45) is 0 Å². The van der Waals surface area contributed by atoms with Crippen molar-refractivity contribution in [2.75, 3.05) is 0 Å². The molecule has 1 fully saturated rings. The number of nitrogens with one attached hydrogen (secondary N) is 1. The van der Waals surface area contributed by atoms with Crippen molar-refractivity contribution < 1.29 is 8.78 Å². The maximum atomic E-state index is 13.0. The number of thioether (sulfide) groups is 1. The minimum absolute atomic E-state index is 0.166. The fourth-order valence-electron chi connectivity index (χ4n) is 3.83. The van der Waals surface area contributed by atoms with E-state index in [1.165, 1.54) is 41.1 Å². The van der Waals surface area contributed by atoms with Crippen molar-refractivity contribution in [3.05, 3.63) is 65.5 Å². The van der Waals surface area contributed by atoms with Crippen LogP contribution in [0.4, 0.5) is 8.78 Å². The monoisotopic (exact) mass is 330 g/mol. The van der Waals surface area contributed by atoms with Crippen LogP contribution in [0.3, 0.4) is 0 Å². The number of hydrogen-bond donors (Lipinski definition) is 1. The van der Waals surface area contributed by atoms with Crippen LogP contribution >= 0.6 is 11.8 Å². The predicted molar refractivity (Wildman–Crippen MR) is 88.7 cm³/mol. The lowest BCUT2D eigenvalue weighted by atomic mass is 9.92. The number of halogens is 2. The number of alkyl halides is 2. The van der Waals surface area contributed by atoms with Gasteiger partial charge in [-0.2, -0.15) is 5.10 Å². The first kappa shape index (κ1) is 14.7. The third kappa shape index (κ3) is 2.17. The summed E-state index contributed by atoms with van der Waals surface area (Å²) in [6, 6.07) is 6.25. The van der Waals surface area contributed by atoms with Crippen molar-refractivity contribution >= 4 is 16.7 Å². The number of nitrogens with zero attached hydrogens (tertiary/aromatic N) is 1. The first-order valence-corrected chi connectivity index (χ1v) is 8.39. The van der Waals surface area contributed by atoms with Crippen LogP contribution in [-0.2, 0) is 0 Å². The number of H-pyrrole nitrogens is 1. The van der Waals surface area contributed by atoms with E-state index in [4.69, 9.17) is 0 Å². The number of benzene rings is 1. The Kier molecular flexibility index (Phi) is 3.41. The van der Waals surface area contributed by atoms with Gasteiger partial charge in [0, 0.05) is 27.2 Å². The van der Waals surface area contributed by atoms with Gasteiger partial charge in [0.15, 0.2) is 0 Å². The van der Waals surface area contributed by atoms with Crippen LogP contribution in [0.5, 0.6) is 0 Å². The lowest BCUT2D eigenvalue weighted by Crippen LogP contribution is -1.99. The molecule has 1 heterocycles. The lowest BCUT2D eigenvalue weighted by Gasteiger charge is -2.18. The Balaban J connectivity index is 1.68. The van der Waals surface area contributed by atoms with Gasteiger partial charge < -0.3 is 0 Å². The molecule has 1 saturated carbocycles. The molecule has 0 spiro atoms. The third-order valence-electron chi connectivity index (χ3n) is 4.88. The van der Waals surface area contributed by atoms with Crippen LogP contribution < -0.4 is 0 Å². The van der Waals surface area contributed by atoms with Gasteiger partial charge in [0.2, 0.25) is 0 Å². The Morgan fingerprint density at radius 3 is 2.87 bits per heavy atom. The van der Waals surface area contributed by atoms with E-state index >= 15 is 0 Å². The Hall–Kier alpha value is -1.88. The normalized spacial score (nSPS) is 22.0. The van der Waals surface area contributed by atoms with Gasteiger partial charge in [0.1, 0.15) is 5.69 Å². The molecule has 1 N–H and O–H groups in total. The summed E-state index contributed by atoms with van der Waals surface area (Å²) in [5.41, 5.74) is 4.20. The number of hydrogen-bond acceptors (Lipinski definition) is 2. The smallest absolute Gasteiger partial charge is 0.276 e. The first-order valence-electron chi connectivity index (χ1n) is 7.58. The Morgan fingerprint density at radius 2 is 2.09 bits per heavy atom. The van der Waals surface area contributed by atoms with E-state index < -0.39 is 6.43 Å². The molecular weight excluding hydrogens is 314 g/mol. The topological polar surface area (TPSA) is 28.7 Å². The zero-order valence-corrected chi connectivity index (χ0v) is 13.3. The zero-order chi connectivity index (χ0) is 16.1. The van der Waals surface area contributed by atoms with Crippen LogP contribution in [0.25, 0.3) is 4.91 Å². The summed E-state index contributed by atoms with van der Waals surface area (Å²) in [6.45, 7) is 8.24. The molecule has 0 aliphatic heterocycles. The van der Waals surface area contributed by atoms with Crippen LogP contribution in [0.2, 0.25) is 0 Å². The highest BCUT2D eigenvalue weighted by Crippen LogP contribution is 2.59. The molecule has 1 aromatic carbocycles. The molecule has 23 heavy (non-hydrogen) atoms. The predicted octanol–water partition coefficient (Wildman–Crippen LogP) is 5.64. The average molecular weight is 330 g/mol. The number of rotatable bonds is 4. The quantitative estimate of drug-likeness (QED) is 0.580. The molecule has 1 aromatic heterocycles. The largest absolute Gasteiger partial charge is 0.280 e. The molecule has 2 nitrogen and oxygen atoms in total. The second-order valence-electron chi connectivity index (χ2n) is 6.04. The molecule has 0 radical (unpaired) electrons. The SMILES string of the molecule is C=C(Sc1cccc2c1C1CCC2C1=C)c1cn[nH]c1C(F)F. The number of aromatic nitrogens is 2. The summed E-state index contributed by atoms with van der Waals surface area (Å²) in [6.07, 6.45) is 1.14. The molecule has 2 bridgehead atoms. The van der Waals surface area contributed by atoms with Crippen molar-refractivity contribution in [3.8, 4) is 0 Å². The van der Waals surface area contributed by atoms with Crippen LogP contribution in [0.1, 0.15) is 53.5 Å². The maximum absolute atomic E-state index is 13.0. The van der Waals surface area contributed by atoms with Gasteiger partial charge in [0.25, 0.3) is 6.43 Å². The summed E-state index contributed by atoms with van der Waals surface area (Å²) in [4.78, 5) is 1.69. The summed E-state index contributed by atoms with van der Waals surface area (Å²) < 4.78 is 26.0. The van der Waals surface area contributed by atoms with Crippen LogP contribution in [0, 0.1) is 0 Å². The molecule has 2 atom stereocenters. The highest BCUT2D eigenvalue weighted by molar-refractivity contribution is 8.08. The number of aromatic amines is 1. The molecule has 2 aromatic rings. The molecule has 2 unspecified atom stereocenters. The minimum atomic E-state index is -2.58. The fourth-order valence-corrected chi connectivity index (χ4v) is 4.89. The van der Waals surface area contributed by atoms with Crippen LogP contribution in [0.15, 0.2) is 48.0 Å². The molecular formula is C18H16F2N2S. The van der Waals surface area contributed by atoms with E-state index in [9.17, 15) is 8.78 Å². The zero-order valence-electron chi connectivity index (χ0n) is 12.5. The van der Waals surface area contributed by atoms with E-state index in [2.05, 4.69) is 29.4 Å². The van der Waals surface area contributed by atoms with E-state index in [1.54, 1.807) is 0 Å². The van der Waals surface area contributed by atoms with Gasteiger partial charge in [-0.25, -0.2) is 8.78 Å². The van der Waals surface area contributed by atoms with Crippen molar-refractivity contribution in [3.63, 3.8) is 0 Å². The highest BCUT2D eigenvalue weighted by Gasteiger charge is 2.41. The third-order valence-corrected chi connectivity index (χ3v) is 5.93. The molecule has 118 valence electrons. The van der Waals surface area contributed by atoms with E-state index in [-0.39, 0.29) is 5.69 Å². The Morgan fingerprint density at radius 1 is 1.30 bits per heavy atom. The Bertz CT molecular complexity index is 809. The fraction of sp³-hybridized carbons (Fsp3) is 0.278. The average Bonchev–Trinajstić information content (AvgIpc) is 3.21. The standard InChI is InChI=1S/C18H16F2N2S/c1-9-11-6-7-12(9)16-13(11)4-3-5-15(16)23-10(2)14-8-21-22-17(14)18(19)20/h3-5,8,11-12,18H,1-2,6-7H2,(H,21,22). The van der Waals surface area contributed by atoms with Crippen molar-refractivity contribution in [1.29, 1.82) is 0 Å². The Labute approximate surface area is 137 Å². The summed E-state index contributed by atoms with van der Waals surface area (Å²) >= 11 is 1.45. The van der Waals surface area contributed by atoms with Gasteiger partial charge in [-0.05, 0) is 30.0 Å². The van der Waals surface area contributed by atoms with E-state index in [0.29, 0.717) is 22.3 Å². The van der Waals surface area contributed by atoms with Crippen molar-refractivity contribution in [2.45, 2.75) is 36.0 Å². The lowest BCUT2D eigenvalue weighted by molar-refractivity contribution is 0.145. The molecule has 2 aliphatic carbocycles. The maximum Gasteiger partial charge on any atom is 0.280 e. The molecule has 0 saturated heterocycles. The van der Waals surface area contributed by atoms with E-state index in [0.717, 1.165) is 11.3 Å². The van der Waals surface area contributed by atoms with Crippen molar-refractivity contribution in [1.82, 2.24) is 10.2 Å². The van der Waals surface area contributed by atoms with Gasteiger partial charge in [-0.15, -0.1) is 0 Å². The van der Waals surface area contributed by atoms with Gasteiger partial charge >= 0.3 is 0 Å². The molecule has 4 rings (SSSR count). The summed E-state index contributed by atoms with van der Waals surface area (Å²) in [7, 11) is 0. The van der Waals surface area contributed by atoms with E-state index in [1.807, 2.05) is 12.1 Å². The second kappa shape index (κ2) is 5.34. The second-order valence-corrected chi connectivity index (χ2v) is 7.18. The van der Waals surface area contributed by atoms with Crippen LogP contribution in [-0.4, -0.2) is 10.2 Å². The summed E-state index contributed by atoms with van der Waals surface area (Å²) in [5.74, 6) is 0.875. The molecule has 0 amide bonds. The highest BCUT2D eigenvalue weighted by atomic mass is 32.2. The minimum Gasteiger partial charge on any atom is -0.276 e. The number of allylic oxidation sites excluding steroid dienone is 1.